The van der Waals surface area contributed by atoms with Gasteiger partial charge in [0.05, 0.1) is 16.1 Å². The summed E-state index contributed by atoms with van der Waals surface area (Å²) >= 11 is 0. The van der Waals surface area contributed by atoms with Crippen LogP contribution in [0.2, 0.25) is 0 Å². The molecule has 8 heteroatoms. The van der Waals surface area contributed by atoms with E-state index in [0.717, 1.165) is 30.2 Å². The van der Waals surface area contributed by atoms with Gasteiger partial charge >= 0.3 is 5.97 Å². The first-order valence-corrected chi connectivity index (χ1v) is 9.53. The molecule has 0 N–H and O–H groups in total. The molecule has 1 aliphatic heterocycles. The van der Waals surface area contributed by atoms with Crippen LogP contribution in [0, 0.1) is 27.9 Å². The Labute approximate surface area is 163 Å². The first-order chi connectivity index (χ1) is 13.2. The van der Waals surface area contributed by atoms with Crippen LogP contribution in [0.3, 0.4) is 0 Å². The van der Waals surface area contributed by atoms with Crippen molar-refractivity contribution in [2.45, 2.75) is 46.1 Å². The quantitative estimate of drug-likeness (QED) is 0.332. The number of rotatable bonds is 5. The van der Waals surface area contributed by atoms with Gasteiger partial charge in [-0.2, -0.15) is 0 Å². The van der Waals surface area contributed by atoms with Crippen molar-refractivity contribution in [1.82, 2.24) is 4.90 Å². The minimum atomic E-state index is -0.710. The maximum absolute atomic E-state index is 12.5. The molecular weight excluding hydrogens is 364 g/mol. The summed E-state index contributed by atoms with van der Waals surface area (Å²) in [5.41, 5.74) is -0.270. The third kappa shape index (κ3) is 3.76. The summed E-state index contributed by atoms with van der Waals surface area (Å²) in [6, 6.07) is 3.48. The van der Waals surface area contributed by atoms with Gasteiger partial charge in [-0.1, -0.05) is 27.2 Å². The molecule has 0 unspecified atom stereocenters. The fourth-order valence-electron chi connectivity index (χ4n) is 4.12. The number of non-ortho nitro benzene ring substituents is 1. The number of ether oxygens (including phenoxy) is 1. The van der Waals surface area contributed by atoms with Gasteiger partial charge < -0.3 is 4.74 Å². The van der Waals surface area contributed by atoms with Crippen LogP contribution in [0.15, 0.2) is 18.2 Å². The highest BCUT2D eigenvalue weighted by Crippen LogP contribution is 2.35. The van der Waals surface area contributed by atoms with Gasteiger partial charge in [-0.05, 0) is 36.7 Å². The molecule has 8 nitrogen and oxygen atoms in total. The van der Waals surface area contributed by atoms with E-state index in [0.29, 0.717) is 11.8 Å². The van der Waals surface area contributed by atoms with Crippen molar-refractivity contribution in [3.05, 3.63) is 39.4 Å². The third-order valence-corrected chi connectivity index (χ3v) is 5.70. The second kappa shape index (κ2) is 7.69. The Kier molecular flexibility index (Phi) is 5.49. The highest BCUT2D eigenvalue weighted by molar-refractivity contribution is 6.22. The van der Waals surface area contributed by atoms with Crippen LogP contribution in [-0.4, -0.2) is 40.3 Å². The first-order valence-electron chi connectivity index (χ1n) is 9.53. The number of nitro groups is 1. The van der Waals surface area contributed by atoms with Crippen LogP contribution < -0.4 is 0 Å². The van der Waals surface area contributed by atoms with Crippen LogP contribution >= 0.6 is 0 Å². The summed E-state index contributed by atoms with van der Waals surface area (Å²) < 4.78 is 5.66. The van der Waals surface area contributed by atoms with E-state index in [4.69, 9.17) is 4.74 Å². The predicted molar refractivity (Wildman–Crippen MR) is 99.7 cm³/mol. The second-order valence-corrected chi connectivity index (χ2v) is 8.04. The van der Waals surface area contributed by atoms with Crippen molar-refractivity contribution < 1.29 is 24.0 Å². The van der Waals surface area contributed by atoms with Crippen molar-refractivity contribution in [3.8, 4) is 0 Å². The number of fused-ring (bicyclic) bond motifs is 1. The zero-order chi connectivity index (χ0) is 20.6. The third-order valence-electron chi connectivity index (χ3n) is 5.70. The molecule has 1 aromatic rings. The zero-order valence-corrected chi connectivity index (χ0v) is 16.2. The Bertz CT molecular complexity index is 834. The Morgan fingerprint density at radius 1 is 1.25 bits per heavy atom. The molecule has 28 heavy (non-hydrogen) atoms. The molecule has 150 valence electrons. The molecule has 2 aliphatic rings. The summed E-state index contributed by atoms with van der Waals surface area (Å²) in [6.07, 6.45) is 2.61. The number of imide groups is 1. The van der Waals surface area contributed by atoms with Gasteiger partial charge in [-0.25, -0.2) is 0 Å². The summed E-state index contributed by atoms with van der Waals surface area (Å²) in [4.78, 5) is 48.5. The van der Waals surface area contributed by atoms with Crippen molar-refractivity contribution in [3.63, 3.8) is 0 Å². The van der Waals surface area contributed by atoms with E-state index in [-0.39, 0.29) is 28.8 Å². The van der Waals surface area contributed by atoms with Crippen LogP contribution in [0.5, 0.6) is 0 Å². The van der Waals surface area contributed by atoms with Crippen molar-refractivity contribution in [2.75, 3.05) is 6.54 Å². The van der Waals surface area contributed by atoms with E-state index < -0.39 is 29.3 Å². The minimum Gasteiger partial charge on any atom is -0.461 e. The smallest absolute Gasteiger partial charge is 0.326 e. The van der Waals surface area contributed by atoms with E-state index in [9.17, 15) is 24.5 Å². The monoisotopic (exact) mass is 388 g/mol. The maximum atomic E-state index is 12.5. The number of hydrogen-bond acceptors (Lipinski definition) is 6. The first kappa shape index (κ1) is 20.0. The van der Waals surface area contributed by atoms with Gasteiger partial charge in [-0.3, -0.25) is 29.4 Å². The van der Waals surface area contributed by atoms with Crippen molar-refractivity contribution in [1.29, 1.82) is 0 Å². The van der Waals surface area contributed by atoms with Gasteiger partial charge in [0.1, 0.15) is 12.6 Å². The number of carbonyl (C=O) groups excluding carboxylic acids is 3. The lowest BCUT2D eigenvalue weighted by Gasteiger charge is -2.36. The summed E-state index contributed by atoms with van der Waals surface area (Å²) in [6.45, 7) is 5.82. The molecule has 1 heterocycles. The van der Waals surface area contributed by atoms with E-state index >= 15 is 0 Å². The molecule has 0 spiro atoms. The highest BCUT2D eigenvalue weighted by atomic mass is 16.6. The van der Waals surface area contributed by atoms with Crippen LogP contribution in [0.4, 0.5) is 5.69 Å². The molecular formula is C20H24N2O6. The summed E-state index contributed by atoms with van der Waals surface area (Å²) in [5, 5.41) is 10.9. The van der Waals surface area contributed by atoms with Gasteiger partial charge in [-0.15, -0.1) is 0 Å². The zero-order valence-electron chi connectivity index (χ0n) is 16.2. The number of nitrogens with zero attached hydrogens (tertiary/aromatic N) is 2. The molecule has 3 rings (SSSR count). The number of esters is 1. The molecule has 0 bridgehead atoms. The van der Waals surface area contributed by atoms with Crippen molar-refractivity contribution in [2.24, 2.45) is 17.8 Å². The number of hydrogen-bond donors (Lipinski definition) is 0. The van der Waals surface area contributed by atoms with Gasteiger partial charge in [0.25, 0.3) is 17.5 Å². The van der Waals surface area contributed by atoms with Crippen LogP contribution in [0.1, 0.15) is 60.7 Å². The Hall–Kier alpha value is -2.77. The maximum Gasteiger partial charge on any atom is 0.326 e. The summed E-state index contributed by atoms with van der Waals surface area (Å²) in [7, 11) is 0. The number of carbonyl (C=O) groups is 3. The average Bonchev–Trinajstić information content (AvgIpc) is 2.86. The highest BCUT2D eigenvalue weighted by Gasteiger charge is 2.39. The summed E-state index contributed by atoms with van der Waals surface area (Å²) in [5.74, 6) is -0.904. The standard InChI is InChI=1S/C20H24N2O6/c1-11(2)14-6-4-12(3)8-17(14)28-18(23)10-21-19(24)15-7-5-13(22(26)27)9-16(15)20(21)25/h5,7,9,11-12,14,17H,4,6,8,10H2,1-3H3/t12-,14+,17+/m1/s1. The van der Waals surface area contributed by atoms with E-state index in [1.165, 1.54) is 12.1 Å². The molecule has 2 amide bonds. The SMILES string of the molecule is CC(C)[C@@H]1CC[C@@H](C)C[C@@H]1OC(=O)CN1C(=O)c2ccc([N+](=O)[O-])cc2C1=O. The van der Waals surface area contributed by atoms with Crippen LogP contribution in [0.25, 0.3) is 0 Å². The minimum absolute atomic E-state index is 0.0571. The lowest BCUT2D eigenvalue weighted by molar-refractivity contribution is -0.384. The Balaban J connectivity index is 1.71. The fraction of sp³-hybridized carbons (Fsp3) is 0.550. The van der Waals surface area contributed by atoms with Crippen molar-refractivity contribution >= 4 is 23.5 Å². The fourth-order valence-corrected chi connectivity index (χ4v) is 4.12. The van der Waals surface area contributed by atoms with E-state index in [2.05, 4.69) is 20.8 Å². The Morgan fingerprint density at radius 2 is 1.93 bits per heavy atom. The molecule has 1 aromatic carbocycles. The van der Waals surface area contributed by atoms with Gasteiger partial charge in [0.2, 0.25) is 0 Å². The predicted octanol–water partition coefficient (Wildman–Crippen LogP) is 3.19. The largest absolute Gasteiger partial charge is 0.461 e. The lowest BCUT2D eigenvalue weighted by atomic mass is 9.75. The molecule has 3 atom stereocenters. The topological polar surface area (TPSA) is 107 Å². The van der Waals surface area contributed by atoms with E-state index in [1.807, 2.05) is 0 Å². The normalized spacial score (nSPS) is 24.4. The van der Waals surface area contributed by atoms with Gasteiger partial charge in [0, 0.05) is 12.1 Å². The van der Waals surface area contributed by atoms with Gasteiger partial charge in [0.15, 0.2) is 0 Å². The molecule has 0 aromatic heterocycles. The lowest BCUT2D eigenvalue weighted by Crippen LogP contribution is -2.40. The molecule has 1 fully saturated rings. The molecule has 1 aliphatic carbocycles. The second-order valence-electron chi connectivity index (χ2n) is 8.04. The molecule has 0 radical (unpaired) electrons. The number of nitro benzene ring substituents is 1. The van der Waals surface area contributed by atoms with Crippen LogP contribution in [-0.2, 0) is 9.53 Å². The molecule has 0 saturated heterocycles. The molecule has 1 saturated carbocycles. The number of amides is 2. The average molecular weight is 388 g/mol. The van der Waals surface area contributed by atoms with E-state index in [1.54, 1.807) is 0 Å². The number of benzene rings is 1. The Morgan fingerprint density at radius 3 is 2.57 bits per heavy atom.